The van der Waals surface area contributed by atoms with Crippen molar-refractivity contribution in [1.82, 2.24) is 25.0 Å². The number of ether oxygens (including phenoxy) is 1. The molecular weight excluding hydrogens is 417 g/mol. The molecule has 5 rings (SSSR count). The molecule has 0 saturated carbocycles. The summed E-state index contributed by atoms with van der Waals surface area (Å²) in [6.07, 6.45) is 1.62. The van der Waals surface area contributed by atoms with Gasteiger partial charge in [0.05, 0.1) is 5.69 Å². The van der Waals surface area contributed by atoms with Crippen LogP contribution in [0, 0.1) is 19.7 Å². The fourth-order valence-electron chi connectivity index (χ4n) is 3.65. The Bertz CT molecular complexity index is 1410. The highest BCUT2D eigenvalue weighted by molar-refractivity contribution is 5.77. The van der Waals surface area contributed by atoms with Crippen LogP contribution in [-0.2, 0) is 0 Å². The van der Waals surface area contributed by atoms with Crippen LogP contribution in [0.2, 0.25) is 0 Å². The maximum Gasteiger partial charge on any atom is 0.322 e. The van der Waals surface area contributed by atoms with Crippen molar-refractivity contribution in [3.63, 3.8) is 0 Å². The van der Waals surface area contributed by atoms with Gasteiger partial charge in [0.25, 0.3) is 0 Å². The molecule has 0 unspecified atom stereocenters. The van der Waals surface area contributed by atoms with Crippen molar-refractivity contribution < 1.29 is 9.13 Å². The van der Waals surface area contributed by atoms with E-state index in [1.54, 1.807) is 29.1 Å². The van der Waals surface area contributed by atoms with E-state index in [9.17, 15) is 4.39 Å². The van der Waals surface area contributed by atoms with Crippen LogP contribution >= 0.6 is 0 Å². The fourth-order valence-corrected chi connectivity index (χ4v) is 3.65. The quantitative estimate of drug-likeness (QED) is 0.340. The van der Waals surface area contributed by atoms with Gasteiger partial charge in [-0.15, -0.1) is 5.10 Å². The Labute approximate surface area is 190 Å². The van der Waals surface area contributed by atoms with Crippen molar-refractivity contribution in [2.75, 3.05) is 0 Å². The molecule has 0 bridgehead atoms. The van der Waals surface area contributed by atoms with Gasteiger partial charge in [0.2, 0.25) is 0 Å². The molecule has 0 spiro atoms. The molecule has 3 aromatic carbocycles. The average Bonchev–Trinajstić information content (AvgIpc) is 3.25. The van der Waals surface area contributed by atoms with Crippen LogP contribution in [0.15, 0.2) is 85.1 Å². The Hall–Kier alpha value is -4.39. The molecule has 2 heterocycles. The number of hydrogen-bond acceptors (Lipinski definition) is 5. The molecule has 0 amide bonds. The molecule has 162 valence electrons. The summed E-state index contributed by atoms with van der Waals surface area (Å²) >= 11 is 0. The molecule has 33 heavy (non-hydrogen) atoms. The molecule has 0 saturated heterocycles. The lowest BCUT2D eigenvalue weighted by atomic mass is 10.1. The van der Waals surface area contributed by atoms with E-state index < -0.39 is 0 Å². The van der Waals surface area contributed by atoms with Crippen molar-refractivity contribution >= 4 is 0 Å². The van der Waals surface area contributed by atoms with E-state index in [0.717, 1.165) is 22.4 Å². The number of para-hydroxylation sites is 1. The van der Waals surface area contributed by atoms with Crippen molar-refractivity contribution in [2.24, 2.45) is 0 Å². The van der Waals surface area contributed by atoms with Gasteiger partial charge in [-0.2, -0.15) is 4.98 Å². The first-order chi connectivity index (χ1) is 16.1. The molecule has 0 aliphatic rings. The topological polar surface area (TPSA) is 65.7 Å². The standard InChI is InChI=1S/C26H20FN5O/c1-17-8-13-23(18(2)16-17)32-25(19-9-11-20(27)12-10-19)24(30-31-32)22-14-15-28-26(29-22)33-21-6-4-3-5-7-21/h3-16H,1-2H3. The Balaban J connectivity index is 1.64. The minimum Gasteiger partial charge on any atom is -0.424 e. The Morgan fingerprint density at radius 3 is 2.42 bits per heavy atom. The molecule has 0 aliphatic heterocycles. The highest BCUT2D eigenvalue weighted by Gasteiger charge is 2.21. The zero-order chi connectivity index (χ0) is 22.8. The highest BCUT2D eigenvalue weighted by atomic mass is 19.1. The number of nitrogens with zero attached hydrogens (tertiary/aromatic N) is 5. The number of hydrogen-bond donors (Lipinski definition) is 0. The first kappa shape index (κ1) is 20.5. The van der Waals surface area contributed by atoms with E-state index in [1.165, 1.54) is 12.1 Å². The van der Waals surface area contributed by atoms with Gasteiger partial charge in [0, 0.05) is 11.8 Å². The SMILES string of the molecule is Cc1ccc(-n2nnc(-c3ccnc(Oc4ccccc4)n3)c2-c2ccc(F)cc2)c(C)c1. The molecule has 0 aliphatic carbocycles. The summed E-state index contributed by atoms with van der Waals surface area (Å²) < 4.78 is 21.2. The first-order valence-corrected chi connectivity index (χ1v) is 10.4. The third-order valence-electron chi connectivity index (χ3n) is 5.20. The third-order valence-corrected chi connectivity index (χ3v) is 5.20. The summed E-state index contributed by atoms with van der Waals surface area (Å²) in [6, 6.07) is 23.6. The third kappa shape index (κ3) is 4.21. The van der Waals surface area contributed by atoms with Crippen LogP contribution < -0.4 is 4.74 Å². The predicted octanol–water partition coefficient (Wildman–Crippen LogP) is 5.94. The van der Waals surface area contributed by atoms with Gasteiger partial charge in [-0.05, 0) is 67.9 Å². The van der Waals surface area contributed by atoms with E-state index in [4.69, 9.17) is 4.74 Å². The average molecular weight is 437 g/mol. The molecule has 2 aromatic heterocycles. The van der Waals surface area contributed by atoms with Crippen molar-refractivity contribution in [3.05, 3.63) is 102 Å². The summed E-state index contributed by atoms with van der Waals surface area (Å²) in [5, 5.41) is 8.88. The van der Waals surface area contributed by atoms with Gasteiger partial charge in [-0.25, -0.2) is 14.1 Å². The zero-order valence-electron chi connectivity index (χ0n) is 18.1. The fraction of sp³-hybridized carbons (Fsp3) is 0.0769. The number of halogens is 1. The van der Waals surface area contributed by atoms with Crippen molar-refractivity contribution in [1.29, 1.82) is 0 Å². The smallest absolute Gasteiger partial charge is 0.322 e. The lowest BCUT2D eigenvalue weighted by Crippen LogP contribution is -2.02. The number of rotatable bonds is 5. The molecule has 0 radical (unpaired) electrons. The van der Waals surface area contributed by atoms with Crippen LogP contribution in [0.1, 0.15) is 11.1 Å². The monoisotopic (exact) mass is 437 g/mol. The maximum atomic E-state index is 13.7. The number of benzene rings is 3. The second-order valence-electron chi connectivity index (χ2n) is 7.63. The van der Waals surface area contributed by atoms with Crippen LogP contribution in [0.4, 0.5) is 4.39 Å². The molecule has 0 N–H and O–H groups in total. The molecule has 0 fully saturated rings. The summed E-state index contributed by atoms with van der Waals surface area (Å²) in [7, 11) is 0. The number of aromatic nitrogens is 5. The van der Waals surface area contributed by atoms with Crippen molar-refractivity contribution in [2.45, 2.75) is 13.8 Å². The largest absolute Gasteiger partial charge is 0.424 e. The van der Waals surface area contributed by atoms with Crippen LogP contribution in [-0.4, -0.2) is 25.0 Å². The summed E-state index contributed by atoms with van der Waals surface area (Å²) in [6.45, 7) is 4.06. The molecule has 7 heteroatoms. The maximum absolute atomic E-state index is 13.7. The van der Waals surface area contributed by atoms with E-state index in [2.05, 4.69) is 26.3 Å². The Kier molecular flexibility index (Phi) is 5.36. The summed E-state index contributed by atoms with van der Waals surface area (Å²) in [5.74, 6) is 0.318. The zero-order valence-corrected chi connectivity index (χ0v) is 18.1. The summed E-state index contributed by atoms with van der Waals surface area (Å²) in [4.78, 5) is 8.79. The van der Waals surface area contributed by atoms with E-state index in [1.807, 2.05) is 56.3 Å². The molecular formula is C26H20FN5O. The van der Waals surface area contributed by atoms with Crippen LogP contribution in [0.5, 0.6) is 11.8 Å². The molecule has 5 aromatic rings. The van der Waals surface area contributed by atoms with Crippen LogP contribution in [0.3, 0.4) is 0 Å². The number of aryl methyl sites for hydroxylation is 2. The van der Waals surface area contributed by atoms with Crippen LogP contribution in [0.25, 0.3) is 28.3 Å². The lowest BCUT2D eigenvalue weighted by molar-refractivity contribution is 0.442. The lowest BCUT2D eigenvalue weighted by Gasteiger charge is -2.12. The predicted molar refractivity (Wildman–Crippen MR) is 124 cm³/mol. The minimum absolute atomic E-state index is 0.199. The van der Waals surface area contributed by atoms with E-state index in [-0.39, 0.29) is 11.8 Å². The van der Waals surface area contributed by atoms with Gasteiger partial charge in [-0.3, -0.25) is 0 Å². The second kappa shape index (κ2) is 8.63. The molecule has 6 nitrogen and oxygen atoms in total. The van der Waals surface area contributed by atoms with Crippen molar-refractivity contribution in [3.8, 4) is 40.1 Å². The first-order valence-electron chi connectivity index (χ1n) is 10.4. The second-order valence-corrected chi connectivity index (χ2v) is 7.63. The van der Waals surface area contributed by atoms with E-state index >= 15 is 0 Å². The van der Waals surface area contributed by atoms with Gasteiger partial charge >= 0.3 is 6.01 Å². The normalized spacial score (nSPS) is 10.9. The highest BCUT2D eigenvalue weighted by Crippen LogP contribution is 2.33. The Morgan fingerprint density at radius 1 is 0.879 bits per heavy atom. The summed E-state index contributed by atoms with van der Waals surface area (Å²) in [5.41, 5.74) is 5.64. The molecule has 0 atom stereocenters. The Morgan fingerprint density at radius 2 is 1.67 bits per heavy atom. The van der Waals surface area contributed by atoms with Gasteiger partial charge in [0.15, 0.2) is 0 Å². The van der Waals surface area contributed by atoms with Gasteiger partial charge < -0.3 is 4.74 Å². The minimum atomic E-state index is -0.313. The van der Waals surface area contributed by atoms with E-state index in [0.29, 0.717) is 22.8 Å². The van der Waals surface area contributed by atoms with Gasteiger partial charge in [-0.1, -0.05) is 41.1 Å². The van der Waals surface area contributed by atoms with Gasteiger partial charge in [0.1, 0.15) is 28.6 Å².